The smallest absolute Gasteiger partial charge is 0.220 e. The molecule has 2 saturated carbocycles. The first-order chi connectivity index (χ1) is 7.29. The lowest BCUT2D eigenvalue weighted by molar-refractivity contribution is -0.122. The Labute approximate surface area is 104 Å². The van der Waals surface area contributed by atoms with Crippen LogP contribution in [0, 0.1) is 11.8 Å². The second-order valence-corrected chi connectivity index (χ2v) is 5.08. The van der Waals surface area contributed by atoms with Crippen LogP contribution in [0.2, 0.25) is 0 Å². The highest BCUT2D eigenvalue weighted by molar-refractivity contribution is 5.85. The summed E-state index contributed by atoms with van der Waals surface area (Å²) in [5, 5.41) is 3.07. The van der Waals surface area contributed by atoms with Gasteiger partial charge in [-0.25, -0.2) is 0 Å². The van der Waals surface area contributed by atoms with Gasteiger partial charge in [-0.15, -0.1) is 12.4 Å². The van der Waals surface area contributed by atoms with E-state index in [0.29, 0.717) is 18.9 Å². The normalized spacial score (nSPS) is 21.8. The molecule has 0 bridgehead atoms. The Balaban J connectivity index is 0.00000128. The summed E-state index contributed by atoms with van der Waals surface area (Å²) in [5.74, 6) is 1.71. The number of halogens is 1. The monoisotopic (exact) mass is 246 g/mol. The molecule has 0 spiro atoms. The number of hydrogen-bond acceptors (Lipinski definition) is 2. The standard InChI is InChI=1S/C12H22N2O.ClH/c13-8-11(10-5-6-10)14-12(15)7-4-9-2-1-3-9;/h9-11H,1-8,13H2,(H,14,15);1H. The Morgan fingerprint density at radius 1 is 1.31 bits per heavy atom. The molecule has 3 N–H and O–H groups in total. The highest BCUT2D eigenvalue weighted by atomic mass is 35.5. The van der Waals surface area contributed by atoms with Crippen molar-refractivity contribution in [2.45, 2.75) is 51.0 Å². The molecule has 2 aliphatic rings. The molecule has 94 valence electrons. The first-order valence-electron chi connectivity index (χ1n) is 6.29. The summed E-state index contributed by atoms with van der Waals surface area (Å²) in [6, 6.07) is 0.249. The van der Waals surface area contributed by atoms with Crippen LogP contribution in [0.5, 0.6) is 0 Å². The van der Waals surface area contributed by atoms with Crippen molar-refractivity contribution in [2.24, 2.45) is 17.6 Å². The first kappa shape index (κ1) is 13.8. The van der Waals surface area contributed by atoms with E-state index in [2.05, 4.69) is 5.32 Å². The minimum atomic E-state index is 0. The zero-order valence-electron chi connectivity index (χ0n) is 9.78. The van der Waals surface area contributed by atoms with Crippen molar-refractivity contribution in [2.75, 3.05) is 6.54 Å². The molecule has 0 heterocycles. The molecule has 1 atom stereocenters. The van der Waals surface area contributed by atoms with Gasteiger partial charge in [0.15, 0.2) is 0 Å². The molecular weight excluding hydrogens is 224 g/mol. The van der Waals surface area contributed by atoms with Crippen molar-refractivity contribution in [3.05, 3.63) is 0 Å². The molecule has 4 heteroatoms. The number of rotatable bonds is 6. The summed E-state index contributed by atoms with van der Waals surface area (Å²) >= 11 is 0. The zero-order valence-corrected chi connectivity index (χ0v) is 10.6. The van der Waals surface area contributed by atoms with E-state index in [1.54, 1.807) is 0 Å². The number of carbonyl (C=O) groups excluding carboxylic acids is 1. The lowest BCUT2D eigenvalue weighted by Gasteiger charge is -2.25. The average molecular weight is 247 g/mol. The zero-order chi connectivity index (χ0) is 10.7. The summed E-state index contributed by atoms with van der Waals surface area (Å²) in [5.41, 5.74) is 5.64. The van der Waals surface area contributed by atoms with E-state index in [-0.39, 0.29) is 24.4 Å². The quantitative estimate of drug-likeness (QED) is 0.752. The molecule has 3 nitrogen and oxygen atoms in total. The van der Waals surface area contributed by atoms with Crippen LogP contribution < -0.4 is 11.1 Å². The van der Waals surface area contributed by atoms with Gasteiger partial charge in [-0.05, 0) is 31.1 Å². The van der Waals surface area contributed by atoms with Crippen LogP contribution in [-0.4, -0.2) is 18.5 Å². The third-order valence-electron chi connectivity index (χ3n) is 3.80. The van der Waals surface area contributed by atoms with E-state index in [1.807, 2.05) is 0 Å². The summed E-state index contributed by atoms with van der Waals surface area (Å²) in [6.07, 6.45) is 8.28. The topological polar surface area (TPSA) is 55.1 Å². The van der Waals surface area contributed by atoms with Crippen LogP contribution in [0.1, 0.15) is 44.9 Å². The summed E-state index contributed by atoms with van der Waals surface area (Å²) < 4.78 is 0. The molecule has 0 aromatic heterocycles. The Bertz CT molecular complexity index is 227. The van der Waals surface area contributed by atoms with Gasteiger partial charge >= 0.3 is 0 Å². The minimum absolute atomic E-state index is 0. The Morgan fingerprint density at radius 2 is 2.00 bits per heavy atom. The van der Waals surface area contributed by atoms with E-state index >= 15 is 0 Å². The van der Waals surface area contributed by atoms with Crippen LogP contribution in [-0.2, 0) is 4.79 Å². The molecule has 0 radical (unpaired) electrons. The molecule has 0 saturated heterocycles. The predicted molar refractivity (Wildman–Crippen MR) is 67.5 cm³/mol. The fourth-order valence-corrected chi connectivity index (χ4v) is 2.26. The van der Waals surface area contributed by atoms with E-state index in [0.717, 1.165) is 12.3 Å². The number of nitrogens with two attached hydrogens (primary N) is 1. The van der Waals surface area contributed by atoms with E-state index < -0.39 is 0 Å². The van der Waals surface area contributed by atoms with Crippen molar-refractivity contribution < 1.29 is 4.79 Å². The molecular formula is C12H23ClN2O. The summed E-state index contributed by atoms with van der Waals surface area (Å²) in [4.78, 5) is 11.6. The van der Waals surface area contributed by atoms with Crippen molar-refractivity contribution in [1.29, 1.82) is 0 Å². The largest absolute Gasteiger partial charge is 0.352 e. The molecule has 1 amide bonds. The maximum absolute atomic E-state index is 11.6. The van der Waals surface area contributed by atoms with Crippen LogP contribution >= 0.6 is 12.4 Å². The third kappa shape index (κ3) is 3.95. The fraction of sp³-hybridized carbons (Fsp3) is 0.917. The molecule has 0 aliphatic heterocycles. The third-order valence-corrected chi connectivity index (χ3v) is 3.80. The molecule has 1 unspecified atom stereocenters. The van der Waals surface area contributed by atoms with Crippen LogP contribution in [0.4, 0.5) is 0 Å². The van der Waals surface area contributed by atoms with Gasteiger partial charge in [-0.3, -0.25) is 4.79 Å². The van der Waals surface area contributed by atoms with Gasteiger partial charge in [0.05, 0.1) is 0 Å². The second kappa shape index (κ2) is 6.45. The minimum Gasteiger partial charge on any atom is -0.352 e. The highest BCUT2D eigenvalue weighted by Crippen LogP contribution is 2.33. The van der Waals surface area contributed by atoms with Gasteiger partial charge in [0.2, 0.25) is 5.91 Å². The Hall–Kier alpha value is -0.280. The Morgan fingerprint density at radius 3 is 2.44 bits per heavy atom. The molecule has 2 aliphatic carbocycles. The predicted octanol–water partition coefficient (Wildman–Crippen LogP) is 1.84. The first-order valence-corrected chi connectivity index (χ1v) is 6.29. The molecule has 2 rings (SSSR count). The van der Waals surface area contributed by atoms with E-state index in [1.165, 1.54) is 32.1 Å². The maximum Gasteiger partial charge on any atom is 0.220 e. The van der Waals surface area contributed by atoms with Crippen LogP contribution in [0.3, 0.4) is 0 Å². The number of amides is 1. The number of hydrogen-bond donors (Lipinski definition) is 2. The van der Waals surface area contributed by atoms with Gasteiger partial charge in [0.1, 0.15) is 0 Å². The SMILES string of the molecule is Cl.NCC(NC(=O)CCC1CCC1)C1CC1. The van der Waals surface area contributed by atoms with Crippen molar-refractivity contribution in [3.63, 3.8) is 0 Å². The number of carbonyl (C=O) groups is 1. The summed E-state index contributed by atoms with van der Waals surface area (Å²) in [6.45, 7) is 0.597. The Kier molecular flexibility index (Phi) is 5.56. The lowest BCUT2D eigenvalue weighted by atomic mass is 9.82. The lowest BCUT2D eigenvalue weighted by Crippen LogP contribution is -2.41. The van der Waals surface area contributed by atoms with Crippen molar-refractivity contribution >= 4 is 18.3 Å². The highest BCUT2D eigenvalue weighted by Gasteiger charge is 2.31. The van der Waals surface area contributed by atoms with Crippen LogP contribution in [0.25, 0.3) is 0 Å². The fourth-order valence-electron chi connectivity index (χ4n) is 2.26. The number of nitrogens with one attached hydrogen (secondary N) is 1. The van der Waals surface area contributed by atoms with Crippen LogP contribution in [0.15, 0.2) is 0 Å². The van der Waals surface area contributed by atoms with Crippen molar-refractivity contribution in [1.82, 2.24) is 5.32 Å². The molecule has 0 aromatic carbocycles. The van der Waals surface area contributed by atoms with Gasteiger partial charge in [-0.2, -0.15) is 0 Å². The van der Waals surface area contributed by atoms with E-state index in [4.69, 9.17) is 5.73 Å². The maximum atomic E-state index is 11.6. The molecule has 2 fully saturated rings. The van der Waals surface area contributed by atoms with Gasteiger partial charge in [0.25, 0.3) is 0 Å². The van der Waals surface area contributed by atoms with Gasteiger partial charge < -0.3 is 11.1 Å². The summed E-state index contributed by atoms with van der Waals surface area (Å²) in [7, 11) is 0. The van der Waals surface area contributed by atoms with Gasteiger partial charge in [0, 0.05) is 19.0 Å². The second-order valence-electron chi connectivity index (χ2n) is 5.08. The average Bonchev–Trinajstić information content (AvgIpc) is 2.95. The van der Waals surface area contributed by atoms with Crippen molar-refractivity contribution in [3.8, 4) is 0 Å². The van der Waals surface area contributed by atoms with E-state index in [9.17, 15) is 4.79 Å². The molecule has 0 aromatic rings. The molecule has 16 heavy (non-hydrogen) atoms. The van der Waals surface area contributed by atoms with Gasteiger partial charge in [-0.1, -0.05) is 19.3 Å².